The third-order valence-electron chi connectivity index (χ3n) is 4.74. The van der Waals surface area contributed by atoms with E-state index < -0.39 is 15.8 Å². The van der Waals surface area contributed by atoms with Gasteiger partial charge < -0.3 is 0 Å². The van der Waals surface area contributed by atoms with E-state index in [4.69, 9.17) is 11.6 Å². The van der Waals surface area contributed by atoms with Gasteiger partial charge in [0.15, 0.2) is 5.82 Å². The molecule has 4 nitrogen and oxygen atoms in total. The van der Waals surface area contributed by atoms with Crippen molar-refractivity contribution < 1.29 is 12.8 Å². The minimum atomic E-state index is -3.90. The Bertz CT molecular complexity index is 889. The molecule has 140 valence electrons. The number of aryl methyl sites for hydroxylation is 1. The maximum atomic E-state index is 14.2. The molecule has 0 aromatic heterocycles. The lowest BCUT2D eigenvalue weighted by molar-refractivity contribution is 0.278. The zero-order valence-corrected chi connectivity index (χ0v) is 16.2. The Morgan fingerprint density at radius 2 is 1.81 bits per heavy atom. The van der Waals surface area contributed by atoms with Crippen molar-refractivity contribution in [2.24, 2.45) is 0 Å². The summed E-state index contributed by atoms with van der Waals surface area (Å²) in [6.45, 7) is 4.98. The van der Waals surface area contributed by atoms with Gasteiger partial charge in [-0.05, 0) is 43.1 Å². The number of sulfonamides is 1. The van der Waals surface area contributed by atoms with Crippen LogP contribution in [0.3, 0.4) is 0 Å². The van der Waals surface area contributed by atoms with E-state index in [2.05, 4.69) is 24.0 Å². The average Bonchev–Trinajstić information content (AvgIpc) is 2.85. The van der Waals surface area contributed by atoms with E-state index in [9.17, 15) is 12.8 Å². The van der Waals surface area contributed by atoms with Crippen LogP contribution in [0.1, 0.15) is 17.5 Å². The molecule has 0 N–H and O–H groups in total. The van der Waals surface area contributed by atoms with Crippen molar-refractivity contribution in [3.05, 3.63) is 64.4 Å². The highest BCUT2D eigenvalue weighted by Crippen LogP contribution is 2.25. The van der Waals surface area contributed by atoms with E-state index in [1.54, 1.807) is 0 Å². The molecule has 0 aliphatic carbocycles. The van der Waals surface area contributed by atoms with Crippen LogP contribution >= 0.6 is 11.6 Å². The summed E-state index contributed by atoms with van der Waals surface area (Å²) in [4.78, 5) is 1.89. The highest BCUT2D eigenvalue weighted by Gasteiger charge is 2.30. The quantitative estimate of drug-likeness (QED) is 0.791. The number of hydrogen-bond acceptors (Lipinski definition) is 3. The van der Waals surface area contributed by atoms with Crippen molar-refractivity contribution >= 4 is 21.6 Å². The van der Waals surface area contributed by atoms with Gasteiger partial charge in [0.25, 0.3) is 0 Å². The van der Waals surface area contributed by atoms with Gasteiger partial charge in [-0.3, -0.25) is 4.90 Å². The predicted octanol–water partition coefficient (Wildman–Crippen LogP) is 3.68. The minimum Gasteiger partial charge on any atom is -0.298 e. The molecule has 1 saturated heterocycles. The molecular weight excluding hydrogens is 375 g/mol. The highest BCUT2D eigenvalue weighted by atomic mass is 35.5. The first kappa shape index (κ1) is 19.3. The van der Waals surface area contributed by atoms with Crippen LogP contribution in [0.15, 0.2) is 47.4 Å². The third kappa shape index (κ3) is 4.09. The van der Waals surface area contributed by atoms with Crippen LogP contribution in [-0.4, -0.2) is 43.8 Å². The number of rotatable bonds is 4. The Labute approximate surface area is 159 Å². The van der Waals surface area contributed by atoms with E-state index in [1.807, 2.05) is 12.1 Å². The van der Waals surface area contributed by atoms with E-state index in [0.29, 0.717) is 26.1 Å². The summed E-state index contributed by atoms with van der Waals surface area (Å²) in [5, 5.41) is -0.179. The Morgan fingerprint density at radius 3 is 2.58 bits per heavy atom. The molecule has 2 aromatic carbocycles. The lowest BCUT2D eigenvalue weighted by atomic mass is 10.1. The molecule has 0 amide bonds. The standard InChI is InChI=1S/C19H22ClFN2O2S/c1-15-6-2-3-7-16(15)14-22-10-5-11-23(13-12-22)26(24,25)18-9-4-8-17(20)19(18)21/h2-4,6-9H,5,10-14H2,1H3. The molecule has 0 saturated carbocycles. The van der Waals surface area contributed by atoms with Gasteiger partial charge in [-0.25, -0.2) is 12.8 Å². The number of nitrogens with zero attached hydrogens (tertiary/aromatic N) is 2. The Morgan fingerprint density at radius 1 is 1.04 bits per heavy atom. The van der Waals surface area contributed by atoms with Crippen molar-refractivity contribution in [1.29, 1.82) is 0 Å². The molecule has 0 spiro atoms. The van der Waals surface area contributed by atoms with Crippen molar-refractivity contribution in [2.45, 2.75) is 24.8 Å². The van der Waals surface area contributed by atoms with Gasteiger partial charge in [0, 0.05) is 26.2 Å². The summed E-state index contributed by atoms with van der Waals surface area (Å²) in [6.07, 6.45) is 0.702. The summed E-state index contributed by atoms with van der Waals surface area (Å²) in [7, 11) is -3.90. The first-order valence-corrected chi connectivity index (χ1v) is 10.4. The molecule has 1 heterocycles. The summed E-state index contributed by atoms with van der Waals surface area (Å²) in [5.74, 6) is -0.879. The predicted molar refractivity (Wildman–Crippen MR) is 101 cm³/mol. The topological polar surface area (TPSA) is 40.6 Å². The zero-order chi connectivity index (χ0) is 18.7. The lowest BCUT2D eigenvalue weighted by Crippen LogP contribution is -2.35. The number of benzene rings is 2. The van der Waals surface area contributed by atoms with E-state index >= 15 is 0 Å². The maximum absolute atomic E-state index is 14.2. The van der Waals surface area contributed by atoms with Crippen LogP contribution < -0.4 is 0 Å². The largest absolute Gasteiger partial charge is 0.298 e. The zero-order valence-electron chi connectivity index (χ0n) is 14.7. The summed E-state index contributed by atoms with van der Waals surface area (Å²) >= 11 is 5.75. The fraction of sp³-hybridized carbons (Fsp3) is 0.368. The van der Waals surface area contributed by atoms with Crippen LogP contribution in [0, 0.1) is 12.7 Å². The Kier molecular flexibility index (Phi) is 5.97. The van der Waals surface area contributed by atoms with Crippen LogP contribution in [-0.2, 0) is 16.6 Å². The Hall–Kier alpha value is -1.47. The van der Waals surface area contributed by atoms with Gasteiger partial charge in [-0.2, -0.15) is 4.31 Å². The van der Waals surface area contributed by atoms with E-state index in [-0.39, 0.29) is 9.92 Å². The second kappa shape index (κ2) is 8.05. The van der Waals surface area contributed by atoms with Gasteiger partial charge in [0.1, 0.15) is 4.90 Å². The summed E-state index contributed by atoms with van der Waals surface area (Å²) in [5.41, 5.74) is 2.46. The van der Waals surface area contributed by atoms with Crippen LogP contribution in [0.25, 0.3) is 0 Å². The average molecular weight is 397 g/mol. The highest BCUT2D eigenvalue weighted by molar-refractivity contribution is 7.89. The van der Waals surface area contributed by atoms with Crippen molar-refractivity contribution in [1.82, 2.24) is 9.21 Å². The SMILES string of the molecule is Cc1ccccc1CN1CCCN(S(=O)(=O)c2cccc(Cl)c2F)CC1. The minimum absolute atomic E-state index is 0.179. The van der Waals surface area contributed by atoms with Crippen molar-refractivity contribution in [3.63, 3.8) is 0 Å². The van der Waals surface area contributed by atoms with Crippen LogP contribution in [0.4, 0.5) is 4.39 Å². The molecule has 1 aliphatic rings. The summed E-state index contributed by atoms with van der Waals surface area (Å²) in [6, 6.07) is 12.3. The first-order valence-electron chi connectivity index (χ1n) is 8.60. The fourth-order valence-electron chi connectivity index (χ4n) is 3.20. The molecule has 0 bridgehead atoms. The molecule has 0 atom stereocenters. The third-order valence-corrected chi connectivity index (χ3v) is 6.94. The van der Waals surface area contributed by atoms with Gasteiger partial charge in [0.2, 0.25) is 10.0 Å². The molecule has 26 heavy (non-hydrogen) atoms. The number of hydrogen-bond donors (Lipinski definition) is 0. The smallest absolute Gasteiger partial charge is 0.246 e. The van der Waals surface area contributed by atoms with Crippen LogP contribution in [0.5, 0.6) is 0 Å². The molecule has 2 aromatic rings. The van der Waals surface area contributed by atoms with Gasteiger partial charge in [-0.1, -0.05) is 41.9 Å². The fourth-order valence-corrected chi connectivity index (χ4v) is 4.98. The van der Waals surface area contributed by atoms with Crippen molar-refractivity contribution in [2.75, 3.05) is 26.2 Å². The van der Waals surface area contributed by atoms with Crippen LogP contribution in [0.2, 0.25) is 5.02 Å². The van der Waals surface area contributed by atoms with E-state index in [1.165, 1.54) is 33.6 Å². The van der Waals surface area contributed by atoms with Gasteiger partial charge in [0.05, 0.1) is 5.02 Å². The first-order chi connectivity index (χ1) is 12.4. The molecular formula is C19H22ClFN2O2S. The second-order valence-corrected chi connectivity index (χ2v) is 8.83. The maximum Gasteiger partial charge on any atom is 0.246 e. The summed E-state index contributed by atoms with van der Waals surface area (Å²) < 4.78 is 41.3. The number of halogens is 2. The second-order valence-electron chi connectivity index (χ2n) is 6.51. The monoisotopic (exact) mass is 396 g/mol. The molecule has 1 aliphatic heterocycles. The lowest BCUT2D eigenvalue weighted by Gasteiger charge is -2.22. The molecule has 3 rings (SSSR count). The van der Waals surface area contributed by atoms with Crippen molar-refractivity contribution in [3.8, 4) is 0 Å². The van der Waals surface area contributed by atoms with E-state index in [0.717, 1.165) is 13.1 Å². The molecule has 7 heteroatoms. The van der Waals surface area contributed by atoms with Gasteiger partial charge in [-0.15, -0.1) is 0 Å². The molecule has 0 unspecified atom stereocenters. The van der Waals surface area contributed by atoms with Gasteiger partial charge >= 0.3 is 0 Å². The molecule has 1 fully saturated rings. The molecule has 0 radical (unpaired) electrons. The normalized spacial score (nSPS) is 17.2. The Balaban J connectivity index is 1.74.